The minimum absolute atomic E-state index is 0.0271. The first kappa shape index (κ1) is 12.4. The van der Waals surface area contributed by atoms with Gasteiger partial charge < -0.3 is 9.84 Å². The Morgan fingerprint density at radius 2 is 2.13 bits per heavy atom. The van der Waals surface area contributed by atoms with E-state index in [1.54, 1.807) is 0 Å². The minimum Gasteiger partial charge on any atom is -0.394 e. The molecule has 0 radical (unpaired) electrons. The van der Waals surface area contributed by atoms with Crippen LogP contribution in [-0.4, -0.2) is 29.8 Å². The zero-order valence-corrected chi connectivity index (χ0v) is 9.11. The van der Waals surface area contributed by atoms with Crippen LogP contribution in [0.5, 0.6) is 0 Å². The molecule has 0 bridgehead atoms. The lowest BCUT2D eigenvalue weighted by Crippen LogP contribution is -2.39. The van der Waals surface area contributed by atoms with Crippen molar-refractivity contribution in [1.82, 2.24) is 5.43 Å². The summed E-state index contributed by atoms with van der Waals surface area (Å²) in [7, 11) is 0. The maximum Gasteiger partial charge on any atom is 0.236 e. The molecule has 1 amide bonds. The smallest absolute Gasteiger partial charge is 0.236 e. The van der Waals surface area contributed by atoms with Gasteiger partial charge in [-0.2, -0.15) is 0 Å². The van der Waals surface area contributed by atoms with Crippen molar-refractivity contribution in [3.05, 3.63) is 0 Å². The molecule has 4 N–H and O–H groups in total. The predicted molar refractivity (Wildman–Crippen MR) is 55.7 cm³/mol. The Balaban J connectivity index is 2.26. The lowest BCUT2D eigenvalue weighted by atomic mass is 9.87. The number of ether oxygens (including phenoxy) is 1. The first-order valence-electron chi connectivity index (χ1n) is 5.44. The molecule has 0 heterocycles. The summed E-state index contributed by atoms with van der Waals surface area (Å²) in [5, 5.41) is 8.84. The van der Waals surface area contributed by atoms with Crippen LogP contribution in [0.4, 0.5) is 0 Å². The Morgan fingerprint density at radius 1 is 1.53 bits per heavy atom. The molecule has 1 aliphatic carbocycles. The Kier molecular flexibility index (Phi) is 5.01. The van der Waals surface area contributed by atoms with Crippen molar-refractivity contribution >= 4 is 5.91 Å². The van der Waals surface area contributed by atoms with Gasteiger partial charge in [-0.15, -0.1) is 0 Å². The first-order valence-corrected chi connectivity index (χ1v) is 5.44. The molecule has 1 atom stereocenters. The monoisotopic (exact) mass is 216 g/mol. The lowest BCUT2D eigenvalue weighted by Gasteiger charge is -2.29. The topological polar surface area (TPSA) is 84.6 Å². The third-order valence-electron chi connectivity index (χ3n) is 2.87. The van der Waals surface area contributed by atoms with E-state index >= 15 is 0 Å². The number of nitrogens with two attached hydrogens (primary N) is 1. The standard InChI is InChI=1S/C10H20N2O3/c1-7(6-13)15-9-4-2-8(3-5-9)10(14)12-11/h7-9,13H,2-6,11H2,1H3,(H,12,14)/t7?,8-,9-. The number of nitrogens with one attached hydrogen (secondary N) is 1. The van der Waals surface area contributed by atoms with E-state index in [4.69, 9.17) is 15.7 Å². The fraction of sp³-hybridized carbons (Fsp3) is 0.900. The summed E-state index contributed by atoms with van der Waals surface area (Å²) < 4.78 is 5.59. The van der Waals surface area contributed by atoms with Gasteiger partial charge in [0.1, 0.15) is 0 Å². The Bertz CT molecular complexity index is 203. The van der Waals surface area contributed by atoms with E-state index < -0.39 is 0 Å². The summed E-state index contributed by atoms with van der Waals surface area (Å²) in [5.74, 6) is 5.02. The number of carbonyl (C=O) groups is 1. The van der Waals surface area contributed by atoms with E-state index in [2.05, 4.69) is 5.43 Å². The van der Waals surface area contributed by atoms with Crippen molar-refractivity contribution in [2.24, 2.45) is 11.8 Å². The summed E-state index contributed by atoms with van der Waals surface area (Å²) in [5.41, 5.74) is 2.18. The van der Waals surface area contributed by atoms with Crippen LogP contribution in [0.25, 0.3) is 0 Å². The maximum absolute atomic E-state index is 11.2. The molecule has 0 aliphatic heterocycles. The van der Waals surface area contributed by atoms with Crippen LogP contribution in [0.15, 0.2) is 0 Å². The van der Waals surface area contributed by atoms with Crippen LogP contribution in [0.1, 0.15) is 32.6 Å². The molecule has 0 aromatic carbocycles. The van der Waals surface area contributed by atoms with Gasteiger partial charge in [0.2, 0.25) is 5.91 Å². The molecule has 15 heavy (non-hydrogen) atoms. The van der Waals surface area contributed by atoms with Crippen LogP contribution in [0, 0.1) is 5.92 Å². The van der Waals surface area contributed by atoms with E-state index in [-0.39, 0.29) is 30.6 Å². The molecular formula is C10H20N2O3. The van der Waals surface area contributed by atoms with Gasteiger partial charge in [0, 0.05) is 5.92 Å². The van der Waals surface area contributed by atoms with Crippen molar-refractivity contribution in [2.45, 2.75) is 44.8 Å². The van der Waals surface area contributed by atoms with Crippen LogP contribution >= 0.6 is 0 Å². The normalized spacial score (nSPS) is 28.5. The second-order valence-electron chi connectivity index (χ2n) is 4.11. The number of hydrogen-bond acceptors (Lipinski definition) is 4. The summed E-state index contributed by atoms with van der Waals surface area (Å²) in [6.45, 7) is 1.89. The molecule has 0 spiro atoms. The Hall–Kier alpha value is -0.650. The average Bonchev–Trinajstić information content (AvgIpc) is 2.29. The molecule has 1 saturated carbocycles. The summed E-state index contributed by atoms with van der Waals surface area (Å²) in [6.07, 6.45) is 3.41. The molecular weight excluding hydrogens is 196 g/mol. The van der Waals surface area contributed by atoms with Gasteiger partial charge in [-0.25, -0.2) is 5.84 Å². The van der Waals surface area contributed by atoms with Gasteiger partial charge in [-0.1, -0.05) is 0 Å². The quantitative estimate of drug-likeness (QED) is 0.349. The number of hydrazine groups is 1. The molecule has 1 aliphatic rings. The van der Waals surface area contributed by atoms with Crippen LogP contribution < -0.4 is 11.3 Å². The van der Waals surface area contributed by atoms with Crippen molar-refractivity contribution in [3.8, 4) is 0 Å². The molecule has 5 heteroatoms. The summed E-state index contributed by atoms with van der Waals surface area (Å²) in [6, 6.07) is 0. The van der Waals surface area contributed by atoms with E-state index in [0.717, 1.165) is 25.7 Å². The van der Waals surface area contributed by atoms with Crippen LogP contribution in [-0.2, 0) is 9.53 Å². The molecule has 5 nitrogen and oxygen atoms in total. The minimum atomic E-state index is -0.116. The highest BCUT2D eigenvalue weighted by Crippen LogP contribution is 2.26. The van der Waals surface area contributed by atoms with Crippen LogP contribution in [0.3, 0.4) is 0 Å². The molecule has 0 aromatic heterocycles. The van der Waals surface area contributed by atoms with Gasteiger partial charge in [0.05, 0.1) is 18.8 Å². The third-order valence-corrected chi connectivity index (χ3v) is 2.87. The molecule has 1 fully saturated rings. The Labute approximate surface area is 89.9 Å². The van der Waals surface area contributed by atoms with E-state index in [9.17, 15) is 4.79 Å². The SMILES string of the molecule is CC(CO)O[C@H]1CC[C@H](C(=O)NN)CC1. The number of aliphatic hydroxyl groups excluding tert-OH is 1. The van der Waals surface area contributed by atoms with Gasteiger partial charge in [-0.05, 0) is 32.6 Å². The van der Waals surface area contributed by atoms with Crippen molar-refractivity contribution in [1.29, 1.82) is 0 Å². The van der Waals surface area contributed by atoms with Crippen molar-refractivity contribution < 1.29 is 14.6 Å². The zero-order chi connectivity index (χ0) is 11.3. The molecule has 1 unspecified atom stereocenters. The molecule has 88 valence electrons. The highest BCUT2D eigenvalue weighted by Gasteiger charge is 2.26. The van der Waals surface area contributed by atoms with Crippen molar-refractivity contribution in [2.75, 3.05) is 6.61 Å². The number of amides is 1. The highest BCUT2D eigenvalue weighted by molar-refractivity contribution is 5.77. The summed E-state index contributed by atoms with van der Waals surface area (Å²) in [4.78, 5) is 11.2. The average molecular weight is 216 g/mol. The van der Waals surface area contributed by atoms with Gasteiger partial charge in [-0.3, -0.25) is 10.2 Å². The van der Waals surface area contributed by atoms with E-state index in [1.165, 1.54) is 0 Å². The summed E-state index contributed by atoms with van der Waals surface area (Å²) >= 11 is 0. The highest BCUT2D eigenvalue weighted by atomic mass is 16.5. The fourth-order valence-corrected chi connectivity index (χ4v) is 1.95. The van der Waals surface area contributed by atoms with Gasteiger partial charge in [0.25, 0.3) is 0 Å². The lowest BCUT2D eigenvalue weighted by molar-refractivity contribution is -0.127. The zero-order valence-electron chi connectivity index (χ0n) is 9.11. The van der Waals surface area contributed by atoms with E-state index in [1.807, 2.05) is 6.92 Å². The Morgan fingerprint density at radius 3 is 2.60 bits per heavy atom. The number of aliphatic hydroxyl groups is 1. The maximum atomic E-state index is 11.2. The fourth-order valence-electron chi connectivity index (χ4n) is 1.95. The predicted octanol–water partition coefficient (Wildman–Crippen LogP) is -0.0675. The molecule has 1 rings (SSSR count). The van der Waals surface area contributed by atoms with Crippen LogP contribution in [0.2, 0.25) is 0 Å². The molecule has 0 aromatic rings. The molecule has 0 saturated heterocycles. The second kappa shape index (κ2) is 6.05. The van der Waals surface area contributed by atoms with Gasteiger partial charge >= 0.3 is 0 Å². The van der Waals surface area contributed by atoms with E-state index in [0.29, 0.717) is 0 Å². The second-order valence-corrected chi connectivity index (χ2v) is 4.11. The largest absolute Gasteiger partial charge is 0.394 e. The number of carbonyl (C=O) groups excluding carboxylic acids is 1. The first-order chi connectivity index (χ1) is 7.17. The number of rotatable bonds is 4. The third kappa shape index (κ3) is 3.77. The van der Waals surface area contributed by atoms with Crippen molar-refractivity contribution in [3.63, 3.8) is 0 Å². The number of hydrogen-bond donors (Lipinski definition) is 3. The van der Waals surface area contributed by atoms with Gasteiger partial charge in [0.15, 0.2) is 0 Å².